The van der Waals surface area contributed by atoms with Gasteiger partial charge in [0.25, 0.3) is 0 Å². The monoisotopic (exact) mass is 231 g/mol. The number of primary amides is 1. The Bertz CT molecular complexity index is 190. The quantitative estimate of drug-likeness (QED) is 0.546. The Balaban J connectivity index is 4.01. The molecular formula is C11H25N3O2. The van der Waals surface area contributed by atoms with Crippen LogP contribution in [0, 0.1) is 5.41 Å². The van der Waals surface area contributed by atoms with Gasteiger partial charge in [-0.05, 0) is 24.9 Å². The van der Waals surface area contributed by atoms with E-state index < -0.39 is 6.09 Å². The Morgan fingerprint density at radius 1 is 1.25 bits per heavy atom. The molecule has 0 aliphatic rings. The van der Waals surface area contributed by atoms with E-state index >= 15 is 0 Å². The van der Waals surface area contributed by atoms with Crippen LogP contribution in [0.15, 0.2) is 0 Å². The minimum Gasteiger partial charge on any atom is -0.450 e. The van der Waals surface area contributed by atoms with Crippen molar-refractivity contribution in [2.45, 2.75) is 27.2 Å². The maximum Gasteiger partial charge on any atom is 0.404 e. The number of amides is 1. The summed E-state index contributed by atoms with van der Waals surface area (Å²) in [7, 11) is 0. The first-order chi connectivity index (χ1) is 7.54. The molecule has 0 rings (SSSR count). The normalized spacial score (nSPS) is 11.4. The molecule has 16 heavy (non-hydrogen) atoms. The smallest absolute Gasteiger partial charge is 0.404 e. The molecule has 0 aromatic carbocycles. The third kappa shape index (κ3) is 7.48. The molecule has 0 saturated carbocycles. The second-order valence-electron chi connectivity index (χ2n) is 4.29. The number of nitrogens with one attached hydrogen (secondary N) is 2. The predicted molar refractivity (Wildman–Crippen MR) is 65.3 cm³/mol. The first kappa shape index (κ1) is 15.2. The third-order valence-corrected chi connectivity index (χ3v) is 2.55. The van der Waals surface area contributed by atoms with E-state index in [4.69, 9.17) is 10.5 Å². The second kappa shape index (κ2) is 8.35. The zero-order chi connectivity index (χ0) is 12.4. The van der Waals surface area contributed by atoms with Crippen molar-refractivity contribution in [1.82, 2.24) is 10.6 Å². The van der Waals surface area contributed by atoms with E-state index in [2.05, 4.69) is 31.4 Å². The van der Waals surface area contributed by atoms with Gasteiger partial charge in [0, 0.05) is 13.1 Å². The van der Waals surface area contributed by atoms with Gasteiger partial charge in [0.1, 0.15) is 0 Å². The van der Waals surface area contributed by atoms with Gasteiger partial charge in [0.2, 0.25) is 0 Å². The Hall–Kier alpha value is -0.810. The van der Waals surface area contributed by atoms with E-state index in [-0.39, 0.29) is 5.41 Å². The molecule has 0 saturated heterocycles. The fourth-order valence-corrected chi connectivity index (χ4v) is 1.49. The van der Waals surface area contributed by atoms with Crippen molar-refractivity contribution in [3.05, 3.63) is 0 Å². The van der Waals surface area contributed by atoms with Crippen LogP contribution in [0.1, 0.15) is 27.2 Å². The summed E-state index contributed by atoms with van der Waals surface area (Å²) in [5.41, 5.74) is 5.01. The van der Waals surface area contributed by atoms with E-state index in [1.54, 1.807) is 0 Å². The lowest BCUT2D eigenvalue weighted by molar-refractivity contribution is 0.131. The second-order valence-corrected chi connectivity index (χ2v) is 4.29. The van der Waals surface area contributed by atoms with Gasteiger partial charge < -0.3 is 21.1 Å². The van der Waals surface area contributed by atoms with Crippen LogP contribution in [-0.2, 0) is 4.74 Å². The van der Waals surface area contributed by atoms with E-state index in [1.807, 2.05) is 0 Å². The summed E-state index contributed by atoms with van der Waals surface area (Å²) in [4.78, 5) is 10.5. The SMILES string of the molecule is CCNCC(C)(CCOC(N)=O)CNCC. The average Bonchev–Trinajstić information content (AvgIpc) is 2.23. The van der Waals surface area contributed by atoms with E-state index in [9.17, 15) is 4.79 Å². The van der Waals surface area contributed by atoms with Gasteiger partial charge in [0.15, 0.2) is 0 Å². The highest BCUT2D eigenvalue weighted by molar-refractivity contribution is 5.64. The largest absolute Gasteiger partial charge is 0.450 e. The zero-order valence-electron chi connectivity index (χ0n) is 10.6. The molecule has 0 heterocycles. The molecule has 0 aromatic heterocycles. The molecule has 0 atom stereocenters. The molecule has 0 bridgehead atoms. The number of carbonyl (C=O) groups excluding carboxylic acids is 1. The predicted octanol–water partition coefficient (Wildman–Crippen LogP) is 0.697. The van der Waals surface area contributed by atoms with E-state index in [0.29, 0.717) is 6.61 Å². The van der Waals surface area contributed by atoms with Gasteiger partial charge in [-0.2, -0.15) is 0 Å². The highest BCUT2D eigenvalue weighted by atomic mass is 16.5. The van der Waals surface area contributed by atoms with Crippen molar-refractivity contribution in [2.75, 3.05) is 32.8 Å². The maximum atomic E-state index is 10.5. The zero-order valence-corrected chi connectivity index (χ0v) is 10.6. The van der Waals surface area contributed by atoms with E-state index in [0.717, 1.165) is 32.6 Å². The molecule has 0 unspecified atom stereocenters. The molecule has 0 spiro atoms. The molecule has 5 heteroatoms. The minimum atomic E-state index is -0.700. The Morgan fingerprint density at radius 3 is 2.12 bits per heavy atom. The lowest BCUT2D eigenvalue weighted by atomic mass is 9.86. The van der Waals surface area contributed by atoms with Gasteiger partial charge in [-0.3, -0.25) is 0 Å². The van der Waals surface area contributed by atoms with Gasteiger partial charge in [0.05, 0.1) is 6.61 Å². The fraction of sp³-hybridized carbons (Fsp3) is 0.909. The highest BCUT2D eigenvalue weighted by Gasteiger charge is 2.23. The summed E-state index contributed by atoms with van der Waals surface area (Å²) in [6.45, 7) is 10.4. The average molecular weight is 231 g/mol. The lowest BCUT2D eigenvalue weighted by Crippen LogP contribution is -2.41. The van der Waals surface area contributed by atoms with Crippen LogP contribution >= 0.6 is 0 Å². The number of hydrogen-bond donors (Lipinski definition) is 3. The number of carbonyl (C=O) groups is 1. The maximum absolute atomic E-state index is 10.5. The number of nitrogens with two attached hydrogens (primary N) is 1. The summed E-state index contributed by atoms with van der Waals surface area (Å²) in [6, 6.07) is 0. The molecule has 0 aliphatic carbocycles. The molecule has 0 aliphatic heterocycles. The van der Waals surface area contributed by atoms with Crippen molar-refractivity contribution in [2.24, 2.45) is 11.1 Å². The van der Waals surface area contributed by atoms with Crippen molar-refractivity contribution in [3.8, 4) is 0 Å². The summed E-state index contributed by atoms with van der Waals surface area (Å²) in [5.74, 6) is 0. The summed E-state index contributed by atoms with van der Waals surface area (Å²) < 4.78 is 4.78. The Kier molecular flexibility index (Phi) is 7.93. The van der Waals surface area contributed by atoms with Gasteiger partial charge in [-0.25, -0.2) is 4.79 Å². The molecule has 0 aromatic rings. The Morgan fingerprint density at radius 2 is 1.75 bits per heavy atom. The van der Waals surface area contributed by atoms with E-state index in [1.165, 1.54) is 0 Å². The van der Waals surface area contributed by atoms with Crippen molar-refractivity contribution in [3.63, 3.8) is 0 Å². The molecule has 4 N–H and O–H groups in total. The summed E-state index contributed by atoms with van der Waals surface area (Å²) in [6.07, 6.45) is 0.102. The highest BCUT2D eigenvalue weighted by Crippen LogP contribution is 2.19. The molecular weight excluding hydrogens is 206 g/mol. The molecule has 0 radical (unpaired) electrons. The van der Waals surface area contributed by atoms with Gasteiger partial charge >= 0.3 is 6.09 Å². The first-order valence-corrected chi connectivity index (χ1v) is 5.87. The first-order valence-electron chi connectivity index (χ1n) is 5.87. The van der Waals surface area contributed by atoms with Crippen molar-refractivity contribution < 1.29 is 9.53 Å². The summed E-state index contributed by atoms with van der Waals surface area (Å²) >= 11 is 0. The number of hydrogen-bond acceptors (Lipinski definition) is 4. The number of ether oxygens (including phenoxy) is 1. The minimum absolute atomic E-state index is 0.0848. The molecule has 0 fully saturated rings. The van der Waals surface area contributed by atoms with Crippen LogP contribution < -0.4 is 16.4 Å². The Labute approximate surface area is 98.1 Å². The van der Waals surface area contributed by atoms with Crippen LogP contribution in [0.4, 0.5) is 4.79 Å². The lowest BCUT2D eigenvalue weighted by Gasteiger charge is -2.29. The van der Waals surface area contributed by atoms with Crippen LogP contribution in [0.3, 0.4) is 0 Å². The molecule has 96 valence electrons. The van der Waals surface area contributed by atoms with Crippen LogP contribution in [-0.4, -0.2) is 38.9 Å². The third-order valence-electron chi connectivity index (χ3n) is 2.55. The van der Waals surface area contributed by atoms with Crippen LogP contribution in [0.2, 0.25) is 0 Å². The standard InChI is InChI=1S/C11H25N3O2/c1-4-13-8-11(3,9-14-5-2)6-7-16-10(12)15/h13-14H,4-9H2,1-3H3,(H2,12,15). The topological polar surface area (TPSA) is 76.4 Å². The number of rotatable bonds is 9. The van der Waals surface area contributed by atoms with Crippen LogP contribution in [0.5, 0.6) is 0 Å². The van der Waals surface area contributed by atoms with Gasteiger partial charge in [-0.1, -0.05) is 20.8 Å². The fourth-order valence-electron chi connectivity index (χ4n) is 1.49. The molecule has 5 nitrogen and oxygen atoms in total. The van der Waals surface area contributed by atoms with Crippen molar-refractivity contribution >= 4 is 6.09 Å². The molecule has 1 amide bonds. The van der Waals surface area contributed by atoms with Crippen LogP contribution in [0.25, 0.3) is 0 Å². The van der Waals surface area contributed by atoms with Gasteiger partial charge in [-0.15, -0.1) is 0 Å². The summed E-state index contributed by atoms with van der Waals surface area (Å²) in [5, 5.41) is 6.65. The van der Waals surface area contributed by atoms with Crippen molar-refractivity contribution in [1.29, 1.82) is 0 Å².